The topological polar surface area (TPSA) is 26.3 Å². The summed E-state index contributed by atoms with van der Waals surface area (Å²) in [6, 6.07) is 4.01. The average molecular weight is 240 g/mol. The highest BCUT2D eigenvalue weighted by atomic mass is 33.1. The first-order chi connectivity index (χ1) is 7.27. The maximum Gasteiger partial charge on any atom is 0.115 e. The average Bonchev–Trinajstić information content (AvgIpc) is 2.78. The van der Waals surface area contributed by atoms with Gasteiger partial charge < -0.3 is 8.83 Å². The Bertz CT molecular complexity index is 391. The van der Waals surface area contributed by atoms with E-state index in [4.69, 9.17) is 8.83 Å². The van der Waals surface area contributed by atoms with Crippen molar-refractivity contribution in [2.45, 2.75) is 24.5 Å². The van der Waals surface area contributed by atoms with Crippen molar-refractivity contribution < 1.29 is 8.83 Å². The summed E-state index contributed by atoms with van der Waals surface area (Å²) >= 11 is 0. The molecule has 0 unspecified atom stereocenters. The number of hydrogen-bond acceptors (Lipinski definition) is 4. The molecule has 0 aliphatic heterocycles. The minimum atomic E-state index is 0.956. The minimum absolute atomic E-state index is 0.956. The first kappa shape index (κ1) is 10.8. The third kappa shape index (κ3) is 2.63. The summed E-state index contributed by atoms with van der Waals surface area (Å²) in [6.07, 6.45) is 3.46. The van der Waals surface area contributed by atoms with Crippen molar-refractivity contribution >= 4 is 21.6 Å². The van der Waals surface area contributed by atoms with Crippen molar-refractivity contribution in [3.05, 3.63) is 41.7 Å². The molecule has 0 fully saturated rings. The number of aryl methyl sites for hydroxylation is 2. The van der Waals surface area contributed by atoms with E-state index in [9.17, 15) is 0 Å². The molecule has 0 saturated heterocycles. The molecule has 0 aliphatic carbocycles. The highest BCUT2D eigenvalue weighted by Gasteiger charge is 2.05. The summed E-state index contributed by atoms with van der Waals surface area (Å²) in [6.45, 7) is 3.97. The van der Waals surface area contributed by atoms with Crippen LogP contribution in [-0.4, -0.2) is 0 Å². The van der Waals surface area contributed by atoms with E-state index in [0.29, 0.717) is 0 Å². The molecular weight excluding hydrogens is 228 g/mol. The molecule has 0 saturated carbocycles. The second-order valence-corrected chi connectivity index (χ2v) is 5.53. The first-order valence-corrected chi connectivity index (χ1v) is 6.96. The lowest BCUT2D eigenvalue weighted by Crippen LogP contribution is -1.76. The molecule has 0 bridgehead atoms. The quantitative estimate of drug-likeness (QED) is 0.738. The van der Waals surface area contributed by atoms with E-state index in [1.54, 1.807) is 34.1 Å². The molecule has 4 heteroatoms. The van der Waals surface area contributed by atoms with Gasteiger partial charge in [-0.15, -0.1) is 0 Å². The van der Waals surface area contributed by atoms with E-state index in [-0.39, 0.29) is 0 Å². The predicted octanol–water partition coefficient (Wildman–Crippen LogP) is 4.43. The Labute approximate surface area is 96.8 Å². The summed E-state index contributed by atoms with van der Waals surface area (Å²) in [4.78, 5) is 1.20. The normalized spacial score (nSPS) is 10.8. The Morgan fingerprint density at radius 2 is 1.80 bits per heavy atom. The molecule has 0 spiro atoms. The molecule has 2 rings (SSSR count). The largest absolute Gasteiger partial charge is 0.469 e. The zero-order valence-corrected chi connectivity index (χ0v) is 10.3. The van der Waals surface area contributed by atoms with Gasteiger partial charge in [-0.2, -0.15) is 0 Å². The molecule has 2 aromatic heterocycles. The standard InChI is InChI=1S/C11H12O2S2/c1-8-10(3-5-12-8)7-14-15-11-4-6-13-9(11)2/h3-6H,7H2,1-2H3. The highest BCUT2D eigenvalue weighted by Crippen LogP contribution is 2.36. The van der Waals surface area contributed by atoms with E-state index >= 15 is 0 Å². The van der Waals surface area contributed by atoms with Crippen LogP contribution < -0.4 is 0 Å². The molecule has 0 aliphatic rings. The van der Waals surface area contributed by atoms with Crippen LogP contribution in [-0.2, 0) is 5.75 Å². The highest BCUT2D eigenvalue weighted by molar-refractivity contribution is 8.76. The lowest BCUT2D eigenvalue weighted by Gasteiger charge is -1.98. The number of rotatable bonds is 4. The molecule has 0 atom stereocenters. The van der Waals surface area contributed by atoms with Gasteiger partial charge in [0, 0.05) is 11.3 Å². The molecule has 0 amide bonds. The molecule has 2 heterocycles. The van der Waals surface area contributed by atoms with Crippen LogP contribution in [0.4, 0.5) is 0 Å². The van der Waals surface area contributed by atoms with Crippen molar-refractivity contribution in [1.82, 2.24) is 0 Å². The van der Waals surface area contributed by atoms with Crippen LogP contribution in [0.5, 0.6) is 0 Å². The van der Waals surface area contributed by atoms with Crippen LogP contribution in [0, 0.1) is 13.8 Å². The summed E-state index contributed by atoms with van der Waals surface area (Å²) in [5.74, 6) is 2.95. The van der Waals surface area contributed by atoms with Gasteiger partial charge in [0.1, 0.15) is 11.5 Å². The third-order valence-electron chi connectivity index (χ3n) is 2.14. The Balaban J connectivity index is 1.86. The van der Waals surface area contributed by atoms with E-state index in [1.807, 2.05) is 26.0 Å². The molecule has 2 aromatic rings. The van der Waals surface area contributed by atoms with Gasteiger partial charge in [-0.3, -0.25) is 0 Å². The lowest BCUT2D eigenvalue weighted by molar-refractivity contribution is 0.527. The first-order valence-electron chi connectivity index (χ1n) is 4.64. The van der Waals surface area contributed by atoms with Crippen molar-refractivity contribution in [3.63, 3.8) is 0 Å². The van der Waals surface area contributed by atoms with Crippen LogP contribution >= 0.6 is 21.6 Å². The smallest absolute Gasteiger partial charge is 0.115 e. The van der Waals surface area contributed by atoms with E-state index < -0.39 is 0 Å². The predicted molar refractivity (Wildman–Crippen MR) is 64.0 cm³/mol. The summed E-state index contributed by atoms with van der Waals surface area (Å²) in [5, 5.41) is 0. The van der Waals surface area contributed by atoms with Crippen molar-refractivity contribution in [2.24, 2.45) is 0 Å². The van der Waals surface area contributed by atoms with Gasteiger partial charge in [0.2, 0.25) is 0 Å². The van der Waals surface area contributed by atoms with Gasteiger partial charge in [-0.1, -0.05) is 21.6 Å². The van der Waals surface area contributed by atoms with Gasteiger partial charge in [0.15, 0.2) is 0 Å². The fraction of sp³-hybridized carbons (Fsp3) is 0.273. The van der Waals surface area contributed by atoms with Crippen LogP contribution in [0.25, 0.3) is 0 Å². The fourth-order valence-corrected chi connectivity index (χ4v) is 3.52. The third-order valence-corrected chi connectivity index (χ3v) is 4.54. The molecule has 2 nitrogen and oxygen atoms in total. The molecular formula is C11H12O2S2. The Morgan fingerprint density at radius 1 is 1.07 bits per heavy atom. The van der Waals surface area contributed by atoms with E-state index in [2.05, 4.69) is 0 Å². The number of furan rings is 2. The van der Waals surface area contributed by atoms with Crippen molar-refractivity contribution in [2.75, 3.05) is 0 Å². The van der Waals surface area contributed by atoms with Gasteiger partial charge in [0.25, 0.3) is 0 Å². The zero-order chi connectivity index (χ0) is 10.7. The van der Waals surface area contributed by atoms with Crippen LogP contribution in [0.3, 0.4) is 0 Å². The van der Waals surface area contributed by atoms with Gasteiger partial charge in [-0.05, 0) is 26.0 Å². The maximum absolute atomic E-state index is 5.23. The summed E-state index contributed by atoms with van der Waals surface area (Å²) in [7, 11) is 3.54. The fourth-order valence-electron chi connectivity index (χ4n) is 1.18. The second kappa shape index (κ2) is 4.86. The Morgan fingerprint density at radius 3 is 2.40 bits per heavy atom. The van der Waals surface area contributed by atoms with Crippen LogP contribution in [0.15, 0.2) is 38.4 Å². The SMILES string of the molecule is Cc1occc1CSSc1ccoc1C. The molecule has 15 heavy (non-hydrogen) atoms. The maximum atomic E-state index is 5.23. The van der Waals surface area contributed by atoms with Gasteiger partial charge >= 0.3 is 0 Å². The molecule has 0 N–H and O–H groups in total. The second-order valence-electron chi connectivity index (χ2n) is 3.19. The van der Waals surface area contributed by atoms with Crippen molar-refractivity contribution in [3.8, 4) is 0 Å². The monoisotopic (exact) mass is 240 g/mol. The van der Waals surface area contributed by atoms with Crippen LogP contribution in [0.2, 0.25) is 0 Å². The Kier molecular flexibility index (Phi) is 3.49. The van der Waals surface area contributed by atoms with E-state index in [0.717, 1.165) is 17.3 Å². The van der Waals surface area contributed by atoms with Crippen molar-refractivity contribution in [1.29, 1.82) is 0 Å². The van der Waals surface area contributed by atoms with E-state index in [1.165, 1.54) is 10.5 Å². The van der Waals surface area contributed by atoms with Gasteiger partial charge in [-0.25, -0.2) is 0 Å². The molecule has 0 radical (unpaired) electrons. The minimum Gasteiger partial charge on any atom is -0.469 e. The van der Waals surface area contributed by atoms with Crippen LogP contribution in [0.1, 0.15) is 17.1 Å². The van der Waals surface area contributed by atoms with Gasteiger partial charge in [0.05, 0.1) is 17.4 Å². The Hall–Kier alpha value is -0.740. The molecule has 80 valence electrons. The number of hydrogen-bond donors (Lipinski definition) is 0. The zero-order valence-electron chi connectivity index (χ0n) is 8.65. The molecule has 0 aromatic carbocycles. The summed E-state index contributed by atoms with van der Waals surface area (Å²) < 4.78 is 10.5. The lowest BCUT2D eigenvalue weighted by atomic mass is 10.3. The summed E-state index contributed by atoms with van der Waals surface area (Å²) in [5.41, 5.74) is 1.26.